The van der Waals surface area contributed by atoms with Crippen molar-refractivity contribution in [2.75, 3.05) is 20.3 Å². The molecule has 21 heavy (non-hydrogen) atoms. The van der Waals surface area contributed by atoms with Gasteiger partial charge in [-0.1, -0.05) is 17.9 Å². The molecule has 0 saturated heterocycles. The fraction of sp³-hybridized carbons (Fsp3) is 0.467. The van der Waals surface area contributed by atoms with E-state index in [0.717, 1.165) is 5.56 Å². The molecule has 5 nitrogen and oxygen atoms in total. The summed E-state index contributed by atoms with van der Waals surface area (Å²) in [6.45, 7) is 3.83. The van der Waals surface area contributed by atoms with Crippen LogP contribution < -0.4 is 4.72 Å². The number of rotatable bonds is 6. The summed E-state index contributed by atoms with van der Waals surface area (Å²) in [5, 5.41) is 8.76. The van der Waals surface area contributed by atoms with Crippen molar-refractivity contribution in [3.8, 4) is 11.8 Å². The summed E-state index contributed by atoms with van der Waals surface area (Å²) in [6, 6.07) is 4.66. The summed E-state index contributed by atoms with van der Waals surface area (Å²) in [5.41, 5.74) is 1.35. The van der Waals surface area contributed by atoms with Gasteiger partial charge >= 0.3 is 0 Å². The lowest BCUT2D eigenvalue weighted by Crippen LogP contribution is -2.35. The Morgan fingerprint density at radius 1 is 1.43 bits per heavy atom. The highest BCUT2D eigenvalue weighted by atomic mass is 32.2. The van der Waals surface area contributed by atoms with E-state index in [-0.39, 0.29) is 24.2 Å². The summed E-state index contributed by atoms with van der Waals surface area (Å²) in [4.78, 5) is 0.140. The molecule has 1 unspecified atom stereocenters. The van der Waals surface area contributed by atoms with Crippen LogP contribution in [0, 0.1) is 18.8 Å². The number of hydrogen-bond donors (Lipinski definition) is 2. The molecular weight excluding hydrogens is 290 g/mol. The standard InChI is InChI=1S/C15H21NO4S/c1-12-7-8-15(14(10-12)6-4-5-9-17)21(18,19)16-13(2)11-20-3/h7-8,10,13,16-17H,5,9,11H2,1-3H3. The molecule has 1 rings (SSSR count). The van der Waals surface area contributed by atoms with Gasteiger partial charge in [0.1, 0.15) is 0 Å². The van der Waals surface area contributed by atoms with E-state index in [1.54, 1.807) is 25.1 Å². The third-order valence-corrected chi connectivity index (χ3v) is 4.31. The fourth-order valence-corrected chi connectivity index (χ4v) is 3.17. The van der Waals surface area contributed by atoms with Crippen LogP contribution in [0.1, 0.15) is 24.5 Å². The van der Waals surface area contributed by atoms with Crippen molar-refractivity contribution >= 4 is 10.0 Å². The molecule has 2 N–H and O–H groups in total. The van der Waals surface area contributed by atoms with Crippen molar-refractivity contribution in [2.24, 2.45) is 0 Å². The van der Waals surface area contributed by atoms with Gasteiger partial charge in [0.25, 0.3) is 0 Å². The molecule has 0 spiro atoms. The number of sulfonamides is 1. The van der Waals surface area contributed by atoms with Gasteiger partial charge in [0.2, 0.25) is 10.0 Å². The minimum Gasteiger partial charge on any atom is -0.395 e. The summed E-state index contributed by atoms with van der Waals surface area (Å²) in [7, 11) is -2.14. The number of benzene rings is 1. The van der Waals surface area contributed by atoms with E-state index in [0.29, 0.717) is 12.0 Å². The zero-order chi connectivity index (χ0) is 15.9. The Morgan fingerprint density at radius 3 is 2.76 bits per heavy atom. The van der Waals surface area contributed by atoms with Crippen molar-refractivity contribution < 1.29 is 18.3 Å². The summed E-state index contributed by atoms with van der Waals surface area (Å²) in [6.07, 6.45) is 0.306. The van der Waals surface area contributed by atoms with Crippen LogP contribution >= 0.6 is 0 Å². The minimum absolute atomic E-state index is 0.0516. The lowest BCUT2D eigenvalue weighted by Gasteiger charge is -2.14. The molecule has 1 aromatic rings. The highest BCUT2D eigenvalue weighted by Crippen LogP contribution is 2.17. The van der Waals surface area contributed by atoms with Crippen molar-refractivity contribution in [3.63, 3.8) is 0 Å². The first kappa shape index (κ1) is 17.7. The molecule has 0 amide bonds. The van der Waals surface area contributed by atoms with E-state index in [4.69, 9.17) is 9.84 Å². The van der Waals surface area contributed by atoms with E-state index in [1.807, 2.05) is 6.92 Å². The molecule has 0 saturated carbocycles. The van der Waals surface area contributed by atoms with E-state index in [1.165, 1.54) is 7.11 Å². The third-order valence-electron chi connectivity index (χ3n) is 2.66. The first-order chi connectivity index (χ1) is 9.90. The predicted octanol–water partition coefficient (Wildman–Crippen LogP) is 1.04. The van der Waals surface area contributed by atoms with Crippen molar-refractivity contribution in [1.29, 1.82) is 0 Å². The summed E-state index contributed by atoms with van der Waals surface area (Å²) >= 11 is 0. The summed E-state index contributed by atoms with van der Waals surface area (Å²) in [5.74, 6) is 5.56. The van der Waals surface area contributed by atoms with Gasteiger partial charge in [0.05, 0.1) is 18.1 Å². The number of nitrogens with one attached hydrogen (secondary N) is 1. The van der Waals surface area contributed by atoms with Crippen LogP contribution in [0.3, 0.4) is 0 Å². The SMILES string of the molecule is COCC(C)NS(=O)(=O)c1ccc(C)cc1C#CCCO. The van der Waals surface area contributed by atoms with Gasteiger partial charge in [0.15, 0.2) is 0 Å². The van der Waals surface area contributed by atoms with Crippen LogP contribution in [0.4, 0.5) is 0 Å². The molecule has 0 aliphatic carbocycles. The Morgan fingerprint density at radius 2 is 2.14 bits per heavy atom. The molecule has 1 aromatic carbocycles. The van der Waals surface area contributed by atoms with Gasteiger partial charge in [-0.15, -0.1) is 0 Å². The van der Waals surface area contributed by atoms with Crippen LogP contribution in [-0.4, -0.2) is 39.9 Å². The first-order valence-electron chi connectivity index (χ1n) is 6.62. The van der Waals surface area contributed by atoms with Crippen LogP contribution in [0.25, 0.3) is 0 Å². The number of aliphatic hydroxyl groups is 1. The number of hydrogen-bond acceptors (Lipinski definition) is 4. The Hall–Kier alpha value is -1.39. The quantitative estimate of drug-likeness (QED) is 0.770. The maximum absolute atomic E-state index is 12.4. The van der Waals surface area contributed by atoms with Gasteiger partial charge in [-0.05, 0) is 31.5 Å². The van der Waals surface area contributed by atoms with Crippen LogP contribution in [0.15, 0.2) is 23.1 Å². The van der Waals surface area contributed by atoms with E-state index in [2.05, 4.69) is 16.6 Å². The fourth-order valence-electron chi connectivity index (χ4n) is 1.80. The van der Waals surface area contributed by atoms with Crippen LogP contribution in [-0.2, 0) is 14.8 Å². The van der Waals surface area contributed by atoms with Crippen molar-refractivity contribution in [1.82, 2.24) is 4.72 Å². The van der Waals surface area contributed by atoms with Crippen LogP contribution in [0.5, 0.6) is 0 Å². The second kappa shape index (κ2) is 8.15. The van der Waals surface area contributed by atoms with Gasteiger partial charge in [-0.3, -0.25) is 0 Å². The lowest BCUT2D eigenvalue weighted by molar-refractivity contribution is 0.180. The average molecular weight is 311 g/mol. The molecule has 0 heterocycles. The van der Waals surface area contributed by atoms with Crippen molar-refractivity contribution in [2.45, 2.75) is 31.2 Å². The monoisotopic (exact) mass is 311 g/mol. The van der Waals surface area contributed by atoms with E-state index >= 15 is 0 Å². The second-order valence-corrected chi connectivity index (χ2v) is 6.44. The molecule has 6 heteroatoms. The van der Waals surface area contributed by atoms with Crippen LogP contribution in [0.2, 0.25) is 0 Å². The molecule has 0 fully saturated rings. The molecule has 0 aliphatic rings. The molecule has 1 atom stereocenters. The number of aliphatic hydroxyl groups excluding tert-OH is 1. The highest BCUT2D eigenvalue weighted by molar-refractivity contribution is 7.89. The molecule has 0 aliphatic heterocycles. The maximum atomic E-state index is 12.4. The van der Waals surface area contributed by atoms with Crippen molar-refractivity contribution in [3.05, 3.63) is 29.3 Å². The van der Waals surface area contributed by atoms with Gasteiger partial charge in [-0.25, -0.2) is 13.1 Å². The predicted molar refractivity (Wildman–Crippen MR) is 81.4 cm³/mol. The zero-order valence-electron chi connectivity index (χ0n) is 12.5. The van der Waals surface area contributed by atoms with Gasteiger partial charge in [0, 0.05) is 25.1 Å². The Bertz CT molecular complexity index is 629. The lowest BCUT2D eigenvalue weighted by atomic mass is 10.1. The molecule has 0 aromatic heterocycles. The van der Waals surface area contributed by atoms with E-state index in [9.17, 15) is 8.42 Å². The van der Waals surface area contributed by atoms with Gasteiger partial charge < -0.3 is 9.84 Å². The Balaban J connectivity index is 3.14. The largest absolute Gasteiger partial charge is 0.395 e. The van der Waals surface area contributed by atoms with Gasteiger partial charge in [-0.2, -0.15) is 0 Å². The first-order valence-corrected chi connectivity index (χ1v) is 8.10. The average Bonchev–Trinajstić information content (AvgIpc) is 2.38. The topological polar surface area (TPSA) is 75.6 Å². The number of aryl methyl sites for hydroxylation is 1. The minimum atomic E-state index is -3.66. The molecule has 0 bridgehead atoms. The third kappa shape index (κ3) is 5.48. The normalized spacial score (nSPS) is 12.6. The highest BCUT2D eigenvalue weighted by Gasteiger charge is 2.20. The van der Waals surface area contributed by atoms with E-state index < -0.39 is 10.0 Å². The second-order valence-electron chi connectivity index (χ2n) is 4.75. The molecular formula is C15H21NO4S. The number of methoxy groups -OCH3 is 1. The molecule has 0 radical (unpaired) electrons. The summed E-state index contributed by atoms with van der Waals surface area (Å²) < 4.78 is 32.3. The number of ether oxygens (including phenoxy) is 1. The maximum Gasteiger partial charge on any atom is 0.242 e. The smallest absolute Gasteiger partial charge is 0.242 e. The Kier molecular flexibility index (Phi) is 6.85. The zero-order valence-corrected chi connectivity index (χ0v) is 13.3. The molecule has 116 valence electrons. The Labute approximate surface area is 126 Å².